The first-order chi connectivity index (χ1) is 12.0. The number of halogens is 1. The highest BCUT2D eigenvalue weighted by molar-refractivity contribution is 6.31. The van der Waals surface area contributed by atoms with Crippen LogP contribution in [-0.2, 0) is 0 Å². The molecule has 0 saturated carbocycles. The molecule has 6 nitrogen and oxygen atoms in total. The van der Waals surface area contributed by atoms with Crippen LogP contribution >= 0.6 is 11.6 Å². The average molecular weight is 356 g/mol. The molecule has 7 heteroatoms. The monoisotopic (exact) mass is 355 g/mol. The van der Waals surface area contributed by atoms with E-state index < -0.39 is 0 Å². The topological polar surface area (TPSA) is 72.0 Å². The van der Waals surface area contributed by atoms with E-state index in [1.807, 2.05) is 18.2 Å². The molecule has 0 aliphatic heterocycles. The molecule has 0 saturated heterocycles. The molecule has 0 aliphatic rings. The van der Waals surface area contributed by atoms with Gasteiger partial charge in [-0.05, 0) is 55.3 Å². The van der Waals surface area contributed by atoms with E-state index in [0.717, 1.165) is 5.69 Å². The predicted octanol–water partition coefficient (Wildman–Crippen LogP) is 4.64. The molecule has 25 heavy (non-hydrogen) atoms. The van der Waals surface area contributed by atoms with Crippen LogP contribution in [0.3, 0.4) is 0 Å². The number of nitrogens with zero attached hydrogens (tertiary/aromatic N) is 3. The number of nitrogens with one attached hydrogen (secondary N) is 2. The number of rotatable bonds is 5. The molecule has 0 aliphatic carbocycles. The maximum atomic E-state index is 6.05. The van der Waals surface area contributed by atoms with Gasteiger partial charge in [0.25, 0.3) is 0 Å². The number of aromatic nitrogens is 3. The smallest absolute Gasteiger partial charge is 0.249 e. The fourth-order valence-corrected chi connectivity index (χ4v) is 2.45. The van der Waals surface area contributed by atoms with Crippen molar-refractivity contribution in [3.63, 3.8) is 0 Å². The Morgan fingerprint density at radius 2 is 1.84 bits per heavy atom. The van der Waals surface area contributed by atoms with E-state index in [-0.39, 0.29) is 0 Å². The Bertz CT molecular complexity index is 900. The van der Waals surface area contributed by atoms with Gasteiger partial charge in [0.1, 0.15) is 5.75 Å². The van der Waals surface area contributed by atoms with E-state index in [9.17, 15) is 0 Å². The summed E-state index contributed by atoms with van der Waals surface area (Å²) in [6.45, 7) is 4.13. The molecule has 0 spiro atoms. The number of hydrogen-bond donors (Lipinski definition) is 2. The second kappa shape index (κ2) is 7.36. The van der Waals surface area contributed by atoms with Gasteiger partial charge in [-0.2, -0.15) is 10.1 Å². The minimum atomic E-state index is 0.397. The normalized spacial score (nSPS) is 10.4. The zero-order chi connectivity index (χ0) is 17.8. The van der Waals surface area contributed by atoms with Gasteiger partial charge in [-0.3, -0.25) is 0 Å². The lowest BCUT2D eigenvalue weighted by Crippen LogP contribution is -2.03. The maximum absolute atomic E-state index is 6.05. The minimum absolute atomic E-state index is 0.397. The quantitative estimate of drug-likeness (QED) is 0.694. The van der Waals surface area contributed by atoms with Crippen LogP contribution in [0.15, 0.2) is 42.6 Å². The van der Waals surface area contributed by atoms with Crippen LogP contribution in [0.4, 0.5) is 23.1 Å². The molecular weight excluding hydrogens is 338 g/mol. The maximum Gasteiger partial charge on any atom is 0.249 e. The van der Waals surface area contributed by atoms with Crippen LogP contribution in [0.25, 0.3) is 0 Å². The van der Waals surface area contributed by atoms with E-state index in [0.29, 0.717) is 28.2 Å². The first kappa shape index (κ1) is 17.0. The van der Waals surface area contributed by atoms with Gasteiger partial charge < -0.3 is 15.4 Å². The summed E-state index contributed by atoms with van der Waals surface area (Å²) in [5.41, 5.74) is 4.03. The molecule has 0 unspecified atom stereocenters. The van der Waals surface area contributed by atoms with E-state index in [1.54, 1.807) is 25.3 Å². The summed E-state index contributed by atoms with van der Waals surface area (Å²) in [6, 6.07) is 11.4. The molecule has 0 bridgehead atoms. The van der Waals surface area contributed by atoms with Gasteiger partial charge >= 0.3 is 0 Å². The third-order valence-corrected chi connectivity index (χ3v) is 3.98. The lowest BCUT2D eigenvalue weighted by Gasteiger charge is -2.11. The summed E-state index contributed by atoms with van der Waals surface area (Å²) in [4.78, 5) is 4.43. The van der Waals surface area contributed by atoms with E-state index in [4.69, 9.17) is 16.3 Å². The van der Waals surface area contributed by atoms with Crippen molar-refractivity contribution in [1.82, 2.24) is 15.2 Å². The van der Waals surface area contributed by atoms with E-state index in [2.05, 4.69) is 39.7 Å². The third-order valence-electron chi connectivity index (χ3n) is 3.75. The largest absolute Gasteiger partial charge is 0.495 e. The molecule has 3 aromatic rings. The van der Waals surface area contributed by atoms with Gasteiger partial charge in [-0.15, -0.1) is 5.10 Å². The summed E-state index contributed by atoms with van der Waals surface area (Å²) in [7, 11) is 1.60. The summed E-state index contributed by atoms with van der Waals surface area (Å²) < 4.78 is 5.32. The van der Waals surface area contributed by atoms with Gasteiger partial charge in [0.2, 0.25) is 5.95 Å². The fraction of sp³-hybridized carbons (Fsp3) is 0.167. The Balaban J connectivity index is 1.82. The van der Waals surface area contributed by atoms with E-state index >= 15 is 0 Å². The Labute approximate surface area is 151 Å². The van der Waals surface area contributed by atoms with E-state index in [1.165, 1.54) is 17.3 Å². The first-order valence-corrected chi connectivity index (χ1v) is 8.07. The fourth-order valence-electron chi connectivity index (χ4n) is 2.28. The number of ether oxygens (including phenoxy) is 1. The molecule has 2 N–H and O–H groups in total. The zero-order valence-corrected chi connectivity index (χ0v) is 14.9. The molecule has 128 valence electrons. The van der Waals surface area contributed by atoms with Gasteiger partial charge in [-0.1, -0.05) is 17.7 Å². The van der Waals surface area contributed by atoms with Gasteiger partial charge in [-0.25, -0.2) is 0 Å². The number of aryl methyl sites for hydroxylation is 2. The number of methoxy groups -OCH3 is 1. The average Bonchev–Trinajstić information content (AvgIpc) is 2.59. The molecule has 2 aromatic carbocycles. The van der Waals surface area contributed by atoms with Crippen LogP contribution < -0.4 is 15.4 Å². The molecule has 0 amide bonds. The molecule has 0 fully saturated rings. The van der Waals surface area contributed by atoms with Crippen molar-refractivity contribution in [3.8, 4) is 5.75 Å². The number of benzene rings is 2. The standard InChI is InChI=1S/C18H18ClN5O/c1-11-4-6-14(8-12(11)2)21-18-23-17(10-20-24-18)22-15-9-13(19)5-7-16(15)25-3/h4-10H,1-3H3,(H2,21,22,23,24). The first-order valence-electron chi connectivity index (χ1n) is 7.70. The second-order valence-electron chi connectivity index (χ2n) is 5.56. The van der Waals surface area contributed by atoms with Gasteiger partial charge in [0, 0.05) is 10.7 Å². The second-order valence-corrected chi connectivity index (χ2v) is 6.00. The molecular formula is C18H18ClN5O. The lowest BCUT2D eigenvalue weighted by molar-refractivity contribution is 0.417. The molecule has 0 radical (unpaired) electrons. The van der Waals surface area contributed by atoms with Gasteiger partial charge in [0.05, 0.1) is 19.0 Å². The van der Waals surface area contributed by atoms with Crippen LogP contribution in [0, 0.1) is 13.8 Å². The molecule has 1 heterocycles. The van der Waals surface area contributed by atoms with Crippen molar-refractivity contribution in [1.29, 1.82) is 0 Å². The zero-order valence-electron chi connectivity index (χ0n) is 14.2. The van der Waals surface area contributed by atoms with Crippen molar-refractivity contribution >= 4 is 34.7 Å². The third kappa shape index (κ3) is 4.16. The Morgan fingerprint density at radius 3 is 2.60 bits per heavy atom. The lowest BCUT2D eigenvalue weighted by atomic mass is 10.1. The van der Waals surface area contributed by atoms with Crippen LogP contribution in [0.2, 0.25) is 5.02 Å². The Morgan fingerprint density at radius 1 is 1.00 bits per heavy atom. The van der Waals surface area contributed by atoms with Crippen LogP contribution in [0.1, 0.15) is 11.1 Å². The molecule has 1 aromatic heterocycles. The van der Waals surface area contributed by atoms with Crippen LogP contribution in [-0.4, -0.2) is 22.3 Å². The Kier molecular flexibility index (Phi) is 5.00. The van der Waals surface area contributed by atoms with Crippen molar-refractivity contribution < 1.29 is 4.74 Å². The SMILES string of the molecule is COc1ccc(Cl)cc1Nc1cnnc(Nc2ccc(C)c(C)c2)n1. The number of hydrogen-bond acceptors (Lipinski definition) is 6. The number of anilines is 4. The summed E-state index contributed by atoms with van der Waals surface area (Å²) in [6.07, 6.45) is 1.53. The van der Waals surface area contributed by atoms with Crippen LogP contribution in [0.5, 0.6) is 5.75 Å². The van der Waals surface area contributed by atoms with Crippen molar-refractivity contribution in [3.05, 3.63) is 58.7 Å². The Hall–Kier alpha value is -2.86. The summed E-state index contributed by atoms with van der Waals surface area (Å²) in [5, 5.41) is 14.9. The van der Waals surface area contributed by atoms with Gasteiger partial charge in [0.15, 0.2) is 5.82 Å². The molecule has 3 rings (SSSR count). The van der Waals surface area contributed by atoms with Crippen molar-refractivity contribution in [2.24, 2.45) is 0 Å². The summed E-state index contributed by atoms with van der Waals surface area (Å²) >= 11 is 6.05. The summed E-state index contributed by atoms with van der Waals surface area (Å²) in [5.74, 6) is 1.59. The van der Waals surface area contributed by atoms with Crippen molar-refractivity contribution in [2.75, 3.05) is 17.7 Å². The predicted molar refractivity (Wildman–Crippen MR) is 100 cm³/mol. The van der Waals surface area contributed by atoms with Crippen molar-refractivity contribution in [2.45, 2.75) is 13.8 Å². The highest BCUT2D eigenvalue weighted by Gasteiger charge is 2.07. The highest BCUT2D eigenvalue weighted by atomic mass is 35.5. The minimum Gasteiger partial charge on any atom is -0.495 e. The highest BCUT2D eigenvalue weighted by Crippen LogP contribution is 2.30. The molecule has 0 atom stereocenters.